The van der Waals surface area contributed by atoms with Crippen molar-refractivity contribution in [1.29, 1.82) is 5.26 Å². The predicted molar refractivity (Wildman–Crippen MR) is 108 cm³/mol. The molecule has 0 unspecified atom stereocenters. The first kappa shape index (κ1) is 19.4. The Morgan fingerprint density at radius 3 is 2.48 bits per heavy atom. The fourth-order valence-electron chi connectivity index (χ4n) is 3.02. The second-order valence-corrected chi connectivity index (χ2v) is 9.06. The smallest absolute Gasteiger partial charge is 0.231 e. The lowest BCUT2D eigenvalue weighted by Gasteiger charge is -2.29. The summed E-state index contributed by atoms with van der Waals surface area (Å²) in [5.41, 5.74) is 0.579. The molecular formula is C20H18ClN3O4S. The normalized spacial score (nSPS) is 16.4. The van der Waals surface area contributed by atoms with Gasteiger partial charge in [0.15, 0.2) is 16.4 Å². The zero-order chi connectivity index (χ0) is 20.4. The van der Waals surface area contributed by atoms with Crippen LogP contribution in [0.25, 0.3) is 0 Å². The molecule has 0 aromatic heterocycles. The molecular weight excluding hydrogens is 414 g/mol. The summed E-state index contributed by atoms with van der Waals surface area (Å²) in [6, 6.07) is 12.9. The molecule has 1 aliphatic heterocycles. The summed E-state index contributed by atoms with van der Waals surface area (Å²) in [5.74, 6) is 1.31. The van der Waals surface area contributed by atoms with Gasteiger partial charge in [0, 0.05) is 22.8 Å². The molecule has 0 spiro atoms. The molecule has 1 heterocycles. The van der Waals surface area contributed by atoms with E-state index in [1.807, 2.05) is 6.07 Å². The van der Waals surface area contributed by atoms with Crippen LogP contribution in [0, 0.1) is 11.3 Å². The van der Waals surface area contributed by atoms with Gasteiger partial charge in [0.2, 0.25) is 16.6 Å². The van der Waals surface area contributed by atoms with Crippen molar-refractivity contribution in [1.82, 2.24) is 5.32 Å². The predicted octanol–water partition coefficient (Wildman–Crippen LogP) is 3.79. The van der Waals surface area contributed by atoms with Crippen LogP contribution in [0.15, 0.2) is 58.1 Å². The second-order valence-electron chi connectivity index (χ2n) is 6.74. The van der Waals surface area contributed by atoms with Gasteiger partial charge >= 0.3 is 0 Å². The van der Waals surface area contributed by atoms with E-state index in [4.69, 9.17) is 21.1 Å². The number of benzene rings is 2. The number of hydrogen-bond donors (Lipinski definition) is 2. The molecule has 0 saturated heterocycles. The van der Waals surface area contributed by atoms with E-state index >= 15 is 0 Å². The van der Waals surface area contributed by atoms with Crippen molar-refractivity contribution >= 4 is 27.1 Å². The fourth-order valence-corrected chi connectivity index (χ4v) is 4.37. The maximum absolute atomic E-state index is 13.1. The van der Waals surface area contributed by atoms with Gasteiger partial charge in [-0.25, -0.2) is 8.42 Å². The maximum atomic E-state index is 13.1. The summed E-state index contributed by atoms with van der Waals surface area (Å²) in [7, 11) is -4.05. The summed E-state index contributed by atoms with van der Waals surface area (Å²) < 4.78 is 36.9. The largest absolute Gasteiger partial charge is 0.454 e. The third-order valence-corrected chi connectivity index (χ3v) is 6.79. The van der Waals surface area contributed by atoms with E-state index in [0.29, 0.717) is 22.2 Å². The van der Waals surface area contributed by atoms with Gasteiger partial charge in [0.1, 0.15) is 11.9 Å². The van der Waals surface area contributed by atoms with Gasteiger partial charge in [0.25, 0.3) is 0 Å². The molecule has 7 nitrogen and oxygen atoms in total. The van der Waals surface area contributed by atoms with Crippen LogP contribution >= 0.6 is 11.6 Å². The third-order valence-electron chi connectivity index (χ3n) is 4.82. The molecule has 1 saturated carbocycles. The van der Waals surface area contributed by atoms with Crippen molar-refractivity contribution < 1.29 is 17.9 Å². The lowest BCUT2D eigenvalue weighted by Crippen LogP contribution is -2.38. The fraction of sp³-hybridized carbons (Fsp3) is 0.250. The molecule has 0 bridgehead atoms. The minimum atomic E-state index is -4.05. The molecule has 29 heavy (non-hydrogen) atoms. The third kappa shape index (κ3) is 3.97. The van der Waals surface area contributed by atoms with Crippen LogP contribution < -0.4 is 20.1 Å². The minimum absolute atomic E-state index is 0.00107. The SMILES string of the molecule is N#C/C(=C(/Nc1ccc2c(c1)OCO2)NC1CCC1)S(=O)(=O)c1ccc(Cl)cc1. The molecule has 0 radical (unpaired) electrons. The standard InChI is InChI=1S/C20H18ClN3O4S/c21-13-4-7-16(8-5-13)29(25,26)19(11-22)20(23-14-2-1-3-14)24-15-6-9-17-18(10-15)28-12-27-17/h4-10,14,23-24H,1-3,12H2/b20-19-. The van der Waals surface area contributed by atoms with Crippen LogP contribution in [0.4, 0.5) is 5.69 Å². The maximum Gasteiger partial charge on any atom is 0.231 e. The zero-order valence-corrected chi connectivity index (χ0v) is 16.9. The average Bonchev–Trinajstić information content (AvgIpc) is 3.13. The van der Waals surface area contributed by atoms with E-state index in [2.05, 4.69) is 10.6 Å². The van der Waals surface area contributed by atoms with Crippen LogP contribution in [0.3, 0.4) is 0 Å². The first-order valence-corrected chi connectivity index (χ1v) is 10.9. The van der Waals surface area contributed by atoms with Crippen molar-refractivity contribution in [2.45, 2.75) is 30.2 Å². The van der Waals surface area contributed by atoms with Gasteiger partial charge in [-0.05, 0) is 55.7 Å². The average molecular weight is 432 g/mol. The van der Waals surface area contributed by atoms with E-state index in [9.17, 15) is 13.7 Å². The van der Waals surface area contributed by atoms with Crippen LogP contribution in [0.2, 0.25) is 5.02 Å². The van der Waals surface area contributed by atoms with Gasteiger partial charge in [-0.1, -0.05) is 11.6 Å². The number of anilines is 1. The highest BCUT2D eigenvalue weighted by atomic mass is 35.5. The van der Waals surface area contributed by atoms with E-state index < -0.39 is 9.84 Å². The molecule has 2 aliphatic rings. The van der Waals surface area contributed by atoms with Crippen molar-refractivity contribution in [2.24, 2.45) is 0 Å². The molecule has 0 atom stereocenters. The lowest BCUT2D eigenvalue weighted by molar-refractivity contribution is 0.174. The van der Waals surface area contributed by atoms with Crippen LogP contribution in [0.1, 0.15) is 19.3 Å². The van der Waals surface area contributed by atoms with Gasteiger partial charge in [0.05, 0.1) is 4.90 Å². The number of allylic oxidation sites excluding steroid dienone is 1. The second kappa shape index (κ2) is 7.85. The number of ether oxygens (including phenoxy) is 2. The highest BCUT2D eigenvalue weighted by Gasteiger charge is 2.28. The summed E-state index contributed by atoms with van der Waals surface area (Å²) in [6.07, 6.45) is 2.87. The number of nitrogens with one attached hydrogen (secondary N) is 2. The van der Waals surface area contributed by atoms with Crippen molar-refractivity contribution in [3.05, 3.63) is 58.2 Å². The van der Waals surface area contributed by atoms with Gasteiger partial charge in [-0.2, -0.15) is 5.26 Å². The minimum Gasteiger partial charge on any atom is -0.454 e. The molecule has 4 rings (SSSR count). The molecule has 150 valence electrons. The van der Waals surface area contributed by atoms with Gasteiger partial charge in [-0.3, -0.25) is 0 Å². The monoisotopic (exact) mass is 431 g/mol. The Hall–Kier alpha value is -2.89. The van der Waals surface area contributed by atoms with E-state index in [1.165, 1.54) is 24.3 Å². The number of nitriles is 1. The van der Waals surface area contributed by atoms with Crippen molar-refractivity contribution in [3.8, 4) is 17.6 Å². The first-order chi connectivity index (χ1) is 14.0. The van der Waals surface area contributed by atoms with Crippen molar-refractivity contribution in [2.75, 3.05) is 12.1 Å². The highest BCUT2D eigenvalue weighted by molar-refractivity contribution is 7.95. The summed E-state index contributed by atoms with van der Waals surface area (Å²) in [5, 5.41) is 16.4. The van der Waals surface area contributed by atoms with Crippen LogP contribution in [-0.2, 0) is 9.84 Å². The Bertz CT molecular complexity index is 1100. The Balaban J connectivity index is 1.74. The Morgan fingerprint density at radius 2 is 1.83 bits per heavy atom. The summed E-state index contributed by atoms with van der Waals surface area (Å²) >= 11 is 5.87. The molecule has 2 aromatic rings. The molecule has 2 N–H and O–H groups in total. The quantitative estimate of drug-likeness (QED) is 0.671. The number of sulfone groups is 1. The molecule has 1 aliphatic carbocycles. The van der Waals surface area contributed by atoms with E-state index in [-0.39, 0.29) is 28.5 Å². The zero-order valence-electron chi connectivity index (χ0n) is 15.3. The van der Waals surface area contributed by atoms with Crippen LogP contribution in [0.5, 0.6) is 11.5 Å². The van der Waals surface area contributed by atoms with Gasteiger partial charge in [-0.15, -0.1) is 0 Å². The number of nitrogens with zero attached hydrogens (tertiary/aromatic N) is 1. The number of hydrogen-bond acceptors (Lipinski definition) is 7. The molecule has 1 fully saturated rings. The van der Waals surface area contributed by atoms with Gasteiger partial charge < -0.3 is 20.1 Å². The molecule has 9 heteroatoms. The van der Waals surface area contributed by atoms with E-state index in [1.54, 1.807) is 18.2 Å². The number of rotatable bonds is 6. The van der Waals surface area contributed by atoms with E-state index in [0.717, 1.165) is 19.3 Å². The molecule has 2 aromatic carbocycles. The number of fused-ring (bicyclic) bond motifs is 1. The summed E-state index contributed by atoms with van der Waals surface area (Å²) in [4.78, 5) is -0.386. The number of halogens is 1. The lowest BCUT2D eigenvalue weighted by atomic mass is 9.93. The Kier molecular flexibility index (Phi) is 5.26. The summed E-state index contributed by atoms with van der Waals surface area (Å²) in [6.45, 7) is 0.135. The topological polar surface area (TPSA) is 100 Å². The van der Waals surface area contributed by atoms with Crippen molar-refractivity contribution in [3.63, 3.8) is 0 Å². The molecule has 0 amide bonds. The highest BCUT2D eigenvalue weighted by Crippen LogP contribution is 2.35. The Labute approximate surface area is 173 Å². The first-order valence-electron chi connectivity index (χ1n) is 9.05. The Morgan fingerprint density at radius 1 is 1.10 bits per heavy atom. The van der Waals surface area contributed by atoms with Crippen LogP contribution in [-0.4, -0.2) is 21.3 Å².